The second kappa shape index (κ2) is 50.5. The third-order valence-electron chi connectivity index (χ3n) is 10.9. The fraction of sp³-hybridized carbons (Fsp3) is 0.732. The van der Waals surface area contributed by atoms with Crippen LogP contribution in [0.15, 0.2) is 72.9 Å². The second-order valence-electron chi connectivity index (χ2n) is 17.0. The lowest BCUT2D eigenvalue weighted by molar-refractivity contribution is -0.167. The number of carbonyl (C=O) groups is 3. The van der Waals surface area contributed by atoms with Gasteiger partial charge in [0.25, 0.3) is 0 Å². The molecule has 1 unspecified atom stereocenters. The van der Waals surface area contributed by atoms with E-state index in [-0.39, 0.29) is 31.1 Å². The monoisotopic (exact) mass is 865 g/mol. The maximum Gasteiger partial charge on any atom is 0.306 e. The fourth-order valence-electron chi connectivity index (χ4n) is 7.02. The summed E-state index contributed by atoms with van der Waals surface area (Å²) in [6.45, 7) is 6.43. The van der Waals surface area contributed by atoms with Crippen molar-refractivity contribution in [2.75, 3.05) is 13.2 Å². The Morgan fingerprint density at radius 2 is 0.661 bits per heavy atom. The quantitative estimate of drug-likeness (QED) is 0.0262. The summed E-state index contributed by atoms with van der Waals surface area (Å²) in [5, 5.41) is 0. The number of unbranched alkanes of at least 4 members (excludes halogenated alkanes) is 23. The number of rotatable bonds is 46. The molecule has 0 amide bonds. The molecule has 1 atom stereocenters. The van der Waals surface area contributed by atoms with E-state index in [1.807, 2.05) is 0 Å². The third-order valence-corrected chi connectivity index (χ3v) is 10.9. The highest BCUT2D eigenvalue weighted by atomic mass is 16.6. The van der Waals surface area contributed by atoms with Gasteiger partial charge in [-0.25, -0.2) is 0 Å². The van der Waals surface area contributed by atoms with Crippen molar-refractivity contribution in [3.8, 4) is 0 Å². The molecule has 0 saturated heterocycles. The highest BCUT2D eigenvalue weighted by Crippen LogP contribution is 2.14. The first-order valence-corrected chi connectivity index (χ1v) is 25.9. The van der Waals surface area contributed by atoms with E-state index in [1.54, 1.807) is 0 Å². The molecule has 0 heterocycles. The van der Waals surface area contributed by atoms with Crippen LogP contribution in [-0.4, -0.2) is 37.2 Å². The maximum absolute atomic E-state index is 12.8. The summed E-state index contributed by atoms with van der Waals surface area (Å²) in [4.78, 5) is 38.0. The topological polar surface area (TPSA) is 78.9 Å². The van der Waals surface area contributed by atoms with Gasteiger partial charge in [0.2, 0.25) is 0 Å². The van der Waals surface area contributed by atoms with E-state index in [2.05, 4.69) is 93.7 Å². The van der Waals surface area contributed by atoms with E-state index >= 15 is 0 Å². The minimum Gasteiger partial charge on any atom is -0.462 e. The van der Waals surface area contributed by atoms with Gasteiger partial charge in [-0.2, -0.15) is 0 Å². The van der Waals surface area contributed by atoms with Crippen molar-refractivity contribution in [3.63, 3.8) is 0 Å². The average Bonchev–Trinajstić information content (AvgIpc) is 3.27. The minimum absolute atomic E-state index is 0.0887. The molecule has 0 aliphatic rings. The Balaban J connectivity index is 4.42. The van der Waals surface area contributed by atoms with E-state index in [0.717, 1.165) is 128 Å². The van der Waals surface area contributed by atoms with Crippen molar-refractivity contribution in [1.82, 2.24) is 0 Å². The lowest BCUT2D eigenvalue weighted by Crippen LogP contribution is -2.30. The summed E-state index contributed by atoms with van der Waals surface area (Å²) in [7, 11) is 0. The van der Waals surface area contributed by atoms with Crippen LogP contribution < -0.4 is 0 Å². The molecule has 0 spiro atoms. The second-order valence-corrected chi connectivity index (χ2v) is 17.0. The predicted octanol–water partition coefficient (Wildman–Crippen LogP) is 17.0. The largest absolute Gasteiger partial charge is 0.462 e. The Kier molecular flexibility index (Phi) is 47.9. The molecular weight excluding hydrogens is 769 g/mol. The van der Waals surface area contributed by atoms with Crippen LogP contribution in [0.2, 0.25) is 0 Å². The standard InChI is InChI=1S/C56H96O6/c1-4-7-10-13-16-19-22-25-27-28-29-32-34-37-40-43-46-49-55(58)61-52-53(51-60-54(57)48-45-42-39-36-33-30-24-21-18-15-12-9-6-3)62-56(59)50-47-44-41-38-35-31-26-23-20-17-14-11-8-5-2/h7,10,12,15-16,19,21,23-27,53H,4-6,8-9,11,13-14,17-18,20,22,28-52H2,1-3H3/b10-7-,15-12-,19-16-,24-21-,26-23-,27-25-. The Hall–Kier alpha value is -3.15. The van der Waals surface area contributed by atoms with Gasteiger partial charge in [0.05, 0.1) is 0 Å². The van der Waals surface area contributed by atoms with Crippen LogP contribution in [0.3, 0.4) is 0 Å². The molecule has 0 radical (unpaired) electrons. The summed E-state index contributed by atoms with van der Waals surface area (Å²) in [6, 6.07) is 0. The number of hydrogen-bond donors (Lipinski definition) is 0. The predicted molar refractivity (Wildman–Crippen MR) is 265 cm³/mol. The van der Waals surface area contributed by atoms with Crippen molar-refractivity contribution in [3.05, 3.63) is 72.9 Å². The Morgan fingerprint density at radius 3 is 1.06 bits per heavy atom. The molecule has 0 bridgehead atoms. The van der Waals surface area contributed by atoms with Crippen molar-refractivity contribution >= 4 is 17.9 Å². The van der Waals surface area contributed by atoms with Crippen molar-refractivity contribution in [2.24, 2.45) is 0 Å². The molecule has 62 heavy (non-hydrogen) atoms. The highest BCUT2D eigenvalue weighted by molar-refractivity contribution is 5.71. The molecule has 0 aromatic carbocycles. The number of hydrogen-bond acceptors (Lipinski definition) is 6. The molecule has 0 fully saturated rings. The zero-order valence-electron chi connectivity index (χ0n) is 40.6. The van der Waals surface area contributed by atoms with Crippen LogP contribution >= 0.6 is 0 Å². The van der Waals surface area contributed by atoms with Gasteiger partial charge in [0.1, 0.15) is 13.2 Å². The molecule has 0 saturated carbocycles. The van der Waals surface area contributed by atoms with Gasteiger partial charge in [-0.05, 0) is 103 Å². The molecule has 0 aromatic heterocycles. The first-order valence-electron chi connectivity index (χ1n) is 25.9. The smallest absolute Gasteiger partial charge is 0.306 e. The van der Waals surface area contributed by atoms with Gasteiger partial charge in [-0.1, -0.05) is 196 Å². The molecule has 6 nitrogen and oxygen atoms in total. The van der Waals surface area contributed by atoms with Crippen LogP contribution in [0.4, 0.5) is 0 Å². The minimum atomic E-state index is -0.789. The highest BCUT2D eigenvalue weighted by Gasteiger charge is 2.19. The lowest BCUT2D eigenvalue weighted by Gasteiger charge is -2.18. The summed E-state index contributed by atoms with van der Waals surface area (Å²) >= 11 is 0. The van der Waals surface area contributed by atoms with Crippen molar-refractivity contribution < 1.29 is 28.6 Å². The van der Waals surface area contributed by atoms with Gasteiger partial charge in [0.15, 0.2) is 6.10 Å². The van der Waals surface area contributed by atoms with Gasteiger partial charge in [-0.15, -0.1) is 0 Å². The SMILES string of the molecule is CC/C=C\C/C=C\C/C=C\CCCCCCCCCC(=O)OCC(COC(=O)CCCCCCC/C=C\C/C=C\CCC)OC(=O)CCCCCCC/C=C\CCCCCCC. The fourth-order valence-corrected chi connectivity index (χ4v) is 7.02. The zero-order chi connectivity index (χ0) is 45.1. The Bertz CT molecular complexity index is 1180. The van der Waals surface area contributed by atoms with Crippen LogP contribution in [0.5, 0.6) is 0 Å². The normalized spacial score (nSPS) is 12.6. The maximum atomic E-state index is 12.8. The van der Waals surface area contributed by atoms with Crippen molar-refractivity contribution in [1.29, 1.82) is 0 Å². The Labute approximate surface area is 382 Å². The number of esters is 3. The summed E-state index contributed by atoms with van der Waals surface area (Å²) in [5.41, 5.74) is 0. The first kappa shape index (κ1) is 58.9. The third kappa shape index (κ3) is 47.9. The number of ether oxygens (including phenoxy) is 3. The van der Waals surface area contributed by atoms with E-state index in [0.29, 0.717) is 19.3 Å². The molecule has 0 aliphatic heterocycles. The molecule has 0 aliphatic carbocycles. The molecule has 356 valence electrons. The van der Waals surface area contributed by atoms with E-state index in [4.69, 9.17) is 14.2 Å². The first-order chi connectivity index (χ1) is 30.5. The molecular formula is C56H96O6. The van der Waals surface area contributed by atoms with Crippen LogP contribution in [0, 0.1) is 0 Å². The van der Waals surface area contributed by atoms with E-state index in [1.165, 1.54) is 77.0 Å². The van der Waals surface area contributed by atoms with Gasteiger partial charge in [0, 0.05) is 19.3 Å². The van der Waals surface area contributed by atoms with Crippen molar-refractivity contribution in [2.45, 2.75) is 252 Å². The van der Waals surface area contributed by atoms with Crippen LogP contribution in [0.1, 0.15) is 245 Å². The average molecular weight is 865 g/mol. The number of carbonyl (C=O) groups excluding carboxylic acids is 3. The molecule has 0 rings (SSSR count). The summed E-state index contributed by atoms with van der Waals surface area (Å²) in [5.74, 6) is -0.919. The van der Waals surface area contributed by atoms with Gasteiger partial charge >= 0.3 is 17.9 Å². The lowest BCUT2D eigenvalue weighted by atomic mass is 10.1. The van der Waals surface area contributed by atoms with Gasteiger partial charge in [-0.3, -0.25) is 14.4 Å². The van der Waals surface area contributed by atoms with Crippen LogP contribution in [-0.2, 0) is 28.6 Å². The van der Waals surface area contributed by atoms with Gasteiger partial charge < -0.3 is 14.2 Å². The molecule has 0 N–H and O–H groups in total. The molecule has 0 aromatic rings. The summed E-state index contributed by atoms with van der Waals surface area (Å²) < 4.78 is 16.8. The Morgan fingerprint density at radius 1 is 0.339 bits per heavy atom. The zero-order valence-corrected chi connectivity index (χ0v) is 40.6. The van der Waals surface area contributed by atoms with Crippen LogP contribution in [0.25, 0.3) is 0 Å². The summed E-state index contributed by atoms with van der Waals surface area (Å²) in [6.07, 6.45) is 63.1. The number of allylic oxidation sites excluding steroid dienone is 12. The van der Waals surface area contributed by atoms with E-state index in [9.17, 15) is 14.4 Å². The molecule has 6 heteroatoms. The van der Waals surface area contributed by atoms with E-state index < -0.39 is 6.10 Å².